The van der Waals surface area contributed by atoms with Gasteiger partial charge in [0.15, 0.2) is 5.76 Å². The molecule has 0 saturated heterocycles. The van der Waals surface area contributed by atoms with E-state index in [1.807, 2.05) is 47.1 Å². The first-order chi connectivity index (χ1) is 15.0. The minimum Gasteiger partial charge on any atom is -0.481 e. The molecule has 2 aromatic heterocycles. The molecule has 8 nitrogen and oxygen atoms in total. The van der Waals surface area contributed by atoms with Crippen molar-refractivity contribution in [2.45, 2.75) is 26.0 Å². The van der Waals surface area contributed by atoms with Crippen molar-refractivity contribution in [3.8, 4) is 11.5 Å². The lowest BCUT2D eigenvalue weighted by molar-refractivity contribution is -0.143. The number of aliphatic hydroxyl groups excluding tert-OH is 1. The first kappa shape index (κ1) is 21.8. The standard InChI is InChI=1S/C19H16N2O2.C4H6O4/c22-13-15-10-11-18(23-15)19-16-8-4-5-9-17(16)21(20-19)12-14-6-2-1-3-7-14;5-3(6)1-2-4(7)8/h1-11,22H,12-13H2;1-2H2,(H,5,6)(H,7,8). The molecule has 0 fully saturated rings. The molecule has 0 aliphatic heterocycles. The molecule has 0 amide bonds. The molecule has 2 aromatic carbocycles. The van der Waals surface area contributed by atoms with Gasteiger partial charge in [-0.2, -0.15) is 5.10 Å². The zero-order chi connectivity index (χ0) is 22.2. The summed E-state index contributed by atoms with van der Waals surface area (Å²) in [7, 11) is 0. The highest BCUT2D eigenvalue weighted by atomic mass is 16.4. The quantitative estimate of drug-likeness (QED) is 0.414. The van der Waals surface area contributed by atoms with E-state index in [0.717, 1.165) is 16.6 Å². The van der Waals surface area contributed by atoms with Crippen LogP contribution in [0.25, 0.3) is 22.4 Å². The van der Waals surface area contributed by atoms with Crippen molar-refractivity contribution in [3.63, 3.8) is 0 Å². The van der Waals surface area contributed by atoms with Crippen LogP contribution in [-0.2, 0) is 22.7 Å². The molecule has 0 radical (unpaired) electrons. The summed E-state index contributed by atoms with van der Waals surface area (Å²) < 4.78 is 7.65. The van der Waals surface area contributed by atoms with Crippen LogP contribution in [-0.4, -0.2) is 37.0 Å². The average molecular weight is 422 g/mol. The number of aliphatic hydroxyl groups is 1. The number of para-hydroxylation sites is 1. The summed E-state index contributed by atoms with van der Waals surface area (Å²) in [6, 6.07) is 22.0. The third-order valence-electron chi connectivity index (χ3n) is 4.44. The summed E-state index contributed by atoms with van der Waals surface area (Å²) in [4.78, 5) is 19.3. The van der Waals surface area contributed by atoms with Crippen LogP contribution in [0.15, 0.2) is 71.1 Å². The lowest BCUT2D eigenvalue weighted by atomic mass is 10.2. The largest absolute Gasteiger partial charge is 0.481 e. The van der Waals surface area contributed by atoms with E-state index in [1.54, 1.807) is 6.07 Å². The predicted octanol–water partition coefficient (Wildman–Crippen LogP) is 3.77. The Balaban J connectivity index is 0.000000293. The monoisotopic (exact) mass is 422 g/mol. The number of carboxylic acid groups (broad SMARTS) is 2. The molecule has 8 heteroatoms. The summed E-state index contributed by atoms with van der Waals surface area (Å²) in [6.07, 6.45) is -0.593. The molecule has 2 heterocycles. The fourth-order valence-corrected chi connectivity index (χ4v) is 2.99. The van der Waals surface area contributed by atoms with Crippen LogP contribution >= 0.6 is 0 Å². The second kappa shape index (κ2) is 10.2. The van der Waals surface area contributed by atoms with Gasteiger partial charge in [-0.1, -0.05) is 48.5 Å². The van der Waals surface area contributed by atoms with Crippen molar-refractivity contribution in [1.82, 2.24) is 9.78 Å². The molecule has 31 heavy (non-hydrogen) atoms. The Bertz CT molecular complexity index is 1150. The Morgan fingerprint density at radius 2 is 1.52 bits per heavy atom. The minimum atomic E-state index is -1.08. The third-order valence-corrected chi connectivity index (χ3v) is 4.44. The highest BCUT2D eigenvalue weighted by Gasteiger charge is 2.15. The first-order valence-electron chi connectivity index (χ1n) is 9.61. The molecule has 0 aliphatic rings. The Labute approximate surface area is 178 Å². The van der Waals surface area contributed by atoms with Gasteiger partial charge in [0.05, 0.1) is 24.9 Å². The maximum atomic E-state index is 9.64. The van der Waals surface area contributed by atoms with E-state index in [9.17, 15) is 14.7 Å². The first-order valence-corrected chi connectivity index (χ1v) is 9.61. The fraction of sp³-hybridized carbons (Fsp3) is 0.174. The van der Waals surface area contributed by atoms with Crippen LogP contribution in [0.5, 0.6) is 0 Å². The van der Waals surface area contributed by atoms with Gasteiger partial charge in [-0.25, -0.2) is 0 Å². The van der Waals surface area contributed by atoms with E-state index in [4.69, 9.17) is 19.7 Å². The van der Waals surface area contributed by atoms with Crippen LogP contribution < -0.4 is 0 Å². The number of aliphatic carboxylic acids is 2. The molecular weight excluding hydrogens is 400 g/mol. The minimum absolute atomic E-state index is 0.108. The molecule has 0 aliphatic carbocycles. The summed E-state index contributed by atoms with van der Waals surface area (Å²) in [5, 5.41) is 30.8. The molecule has 4 aromatic rings. The molecule has 160 valence electrons. The van der Waals surface area contributed by atoms with Crippen LogP contribution in [0.3, 0.4) is 0 Å². The third kappa shape index (κ3) is 5.80. The summed E-state index contributed by atoms with van der Waals surface area (Å²) in [5.74, 6) is -0.932. The maximum Gasteiger partial charge on any atom is 0.303 e. The number of benzene rings is 2. The number of carbonyl (C=O) groups is 2. The van der Waals surface area contributed by atoms with E-state index < -0.39 is 11.9 Å². The molecule has 0 atom stereocenters. The molecule has 3 N–H and O–H groups in total. The Kier molecular flexibility index (Phi) is 7.18. The van der Waals surface area contributed by atoms with E-state index in [1.165, 1.54) is 5.56 Å². The summed E-state index contributed by atoms with van der Waals surface area (Å²) in [5.41, 5.74) is 3.06. The summed E-state index contributed by atoms with van der Waals surface area (Å²) in [6.45, 7) is 0.595. The van der Waals surface area contributed by atoms with Gasteiger partial charge in [-0.3, -0.25) is 14.3 Å². The number of carboxylic acids is 2. The van der Waals surface area contributed by atoms with Crippen molar-refractivity contribution < 1.29 is 29.3 Å². The summed E-state index contributed by atoms with van der Waals surface area (Å²) >= 11 is 0. The number of hydrogen-bond donors (Lipinski definition) is 3. The normalized spacial score (nSPS) is 10.5. The number of hydrogen-bond acceptors (Lipinski definition) is 5. The van der Waals surface area contributed by atoms with Gasteiger partial charge in [0.2, 0.25) is 0 Å². The van der Waals surface area contributed by atoms with E-state index in [-0.39, 0.29) is 19.4 Å². The predicted molar refractivity (Wildman–Crippen MR) is 113 cm³/mol. The molecule has 0 saturated carbocycles. The lowest BCUT2D eigenvalue weighted by Gasteiger charge is -2.03. The van der Waals surface area contributed by atoms with E-state index >= 15 is 0 Å². The zero-order valence-corrected chi connectivity index (χ0v) is 16.6. The second-order valence-electron chi connectivity index (χ2n) is 6.72. The maximum absolute atomic E-state index is 9.64. The van der Waals surface area contributed by atoms with Crippen LogP contribution in [0.1, 0.15) is 24.2 Å². The number of aromatic nitrogens is 2. The van der Waals surface area contributed by atoms with Crippen molar-refractivity contribution >= 4 is 22.8 Å². The van der Waals surface area contributed by atoms with E-state index in [2.05, 4.69) is 18.2 Å². The highest BCUT2D eigenvalue weighted by Crippen LogP contribution is 2.29. The molecule has 4 rings (SSSR count). The van der Waals surface area contributed by atoms with Gasteiger partial charge in [-0.15, -0.1) is 0 Å². The molecular formula is C23H22N2O6. The van der Waals surface area contributed by atoms with E-state index in [0.29, 0.717) is 18.1 Å². The molecule has 0 bridgehead atoms. The average Bonchev–Trinajstić information content (AvgIpc) is 3.39. The molecule has 0 spiro atoms. The fourth-order valence-electron chi connectivity index (χ4n) is 2.99. The lowest BCUT2D eigenvalue weighted by Crippen LogP contribution is -2.01. The number of rotatable bonds is 7. The van der Waals surface area contributed by atoms with Gasteiger partial charge in [0.1, 0.15) is 18.1 Å². The van der Waals surface area contributed by atoms with Gasteiger partial charge in [-0.05, 0) is 23.8 Å². The Morgan fingerprint density at radius 1 is 0.871 bits per heavy atom. The van der Waals surface area contributed by atoms with Gasteiger partial charge >= 0.3 is 11.9 Å². The topological polar surface area (TPSA) is 126 Å². The van der Waals surface area contributed by atoms with Crippen molar-refractivity contribution in [2.75, 3.05) is 0 Å². The van der Waals surface area contributed by atoms with Crippen LogP contribution in [0.2, 0.25) is 0 Å². The van der Waals surface area contributed by atoms with Crippen molar-refractivity contribution in [1.29, 1.82) is 0 Å². The second-order valence-corrected chi connectivity index (χ2v) is 6.72. The SMILES string of the molecule is O=C(O)CCC(=O)O.OCc1ccc(-c2nn(Cc3ccccc3)c3ccccc23)o1. The van der Waals surface area contributed by atoms with Crippen molar-refractivity contribution in [2.24, 2.45) is 0 Å². The zero-order valence-electron chi connectivity index (χ0n) is 16.6. The Morgan fingerprint density at radius 3 is 2.13 bits per heavy atom. The number of furan rings is 1. The molecule has 0 unspecified atom stereocenters. The number of fused-ring (bicyclic) bond motifs is 1. The van der Waals surface area contributed by atoms with Crippen LogP contribution in [0, 0.1) is 0 Å². The van der Waals surface area contributed by atoms with Gasteiger partial charge < -0.3 is 19.7 Å². The highest BCUT2D eigenvalue weighted by molar-refractivity contribution is 5.92. The Hall–Kier alpha value is -3.91. The van der Waals surface area contributed by atoms with Gasteiger partial charge in [0, 0.05) is 5.39 Å². The number of nitrogens with zero attached hydrogens (tertiary/aromatic N) is 2. The smallest absolute Gasteiger partial charge is 0.303 e. The van der Waals surface area contributed by atoms with Crippen LogP contribution in [0.4, 0.5) is 0 Å². The van der Waals surface area contributed by atoms with Crippen molar-refractivity contribution in [3.05, 3.63) is 78.1 Å². The van der Waals surface area contributed by atoms with Gasteiger partial charge in [0.25, 0.3) is 0 Å².